The van der Waals surface area contributed by atoms with Gasteiger partial charge in [-0.15, -0.1) is 0 Å². The molecule has 0 saturated carbocycles. The second kappa shape index (κ2) is 13.6. The summed E-state index contributed by atoms with van der Waals surface area (Å²) in [6.07, 6.45) is 1.49. The topological polar surface area (TPSA) is 116 Å². The Labute approximate surface area is 234 Å². The van der Waals surface area contributed by atoms with Crippen LogP contribution in [0.3, 0.4) is 0 Å². The highest BCUT2D eigenvalue weighted by Gasteiger charge is 2.48. The summed E-state index contributed by atoms with van der Waals surface area (Å²) < 4.78 is 28.2. The van der Waals surface area contributed by atoms with E-state index in [0.717, 1.165) is 18.4 Å². The number of carbonyl (C=O) groups is 2. The molecule has 0 aromatic heterocycles. The maximum Gasteiger partial charge on any atom is 0.308 e. The van der Waals surface area contributed by atoms with Crippen LogP contribution < -0.4 is 23.7 Å². The first-order valence-electron chi connectivity index (χ1n) is 13.5. The van der Waals surface area contributed by atoms with Crippen molar-refractivity contribution in [3.63, 3.8) is 0 Å². The van der Waals surface area contributed by atoms with Crippen molar-refractivity contribution in [3.05, 3.63) is 42.0 Å². The summed E-state index contributed by atoms with van der Waals surface area (Å²) >= 11 is 0. The molecule has 1 saturated heterocycles. The standard InChI is InChI=1S/C29H38N2O9/c1-5-11-31(40-12-6-2)26(32)16-30-15-20(19-13-24(36-4)28-25(14-19)38-18-39-28)27(29(33)34)21(30)17-37-23-10-8-7-9-22(23)35-3/h7-10,13-14,20-21,27H,5-6,11-12,15-18H2,1-4H3,(H,33,34)/t20-,21+,27?/m1/s1. The lowest BCUT2D eigenvalue weighted by Crippen LogP contribution is -2.46. The highest BCUT2D eigenvalue weighted by Crippen LogP contribution is 2.47. The van der Waals surface area contributed by atoms with Gasteiger partial charge in [-0.1, -0.05) is 26.0 Å². The number of hydroxylamine groups is 2. The van der Waals surface area contributed by atoms with E-state index < -0.39 is 23.8 Å². The molecule has 1 amide bonds. The van der Waals surface area contributed by atoms with Crippen LogP contribution in [0.15, 0.2) is 36.4 Å². The van der Waals surface area contributed by atoms with E-state index in [4.69, 9.17) is 28.5 Å². The molecule has 2 aromatic carbocycles. The van der Waals surface area contributed by atoms with Crippen LogP contribution in [0.4, 0.5) is 0 Å². The minimum atomic E-state index is -0.988. The number of amides is 1. The molecule has 11 heteroatoms. The number of methoxy groups -OCH3 is 2. The van der Waals surface area contributed by atoms with Crippen LogP contribution in [-0.2, 0) is 14.4 Å². The van der Waals surface area contributed by atoms with E-state index in [1.807, 2.05) is 30.9 Å². The molecule has 2 aliphatic heterocycles. The summed E-state index contributed by atoms with van der Waals surface area (Å²) in [6, 6.07) is 10.1. The molecule has 11 nitrogen and oxygen atoms in total. The molecule has 1 fully saturated rings. The first-order chi connectivity index (χ1) is 19.4. The minimum absolute atomic E-state index is 0.0222. The van der Waals surface area contributed by atoms with Crippen molar-refractivity contribution in [2.75, 3.05) is 53.9 Å². The minimum Gasteiger partial charge on any atom is -0.493 e. The highest BCUT2D eigenvalue weighted by atomic mass is 16.7. The third kappa shape index (κ3) is 6.37. The fourth-order valence-electron chi connectivity index (χ4n) is 5.23. The van der Waals surface area contributed by atoms with E-state index in [2.05, 4.69) is 0 Å². The predicted octanol–water partition coefficient (Wildman–Crippen LogP) is 3.56. The lowest BCUT2D eigenvalue weighted by atomic mass is 9.85. The Morgan fingerprint density at radius 3 is 2.48 bits per heavy atom. The van der Waals surface area contributed by atoms with Crippen molar-refractivity contribution in [3.8, 4) is 28.7 Å². The number of rotatable bonds is 14. The van der Waals surface area contributed by atoms with Crippen LogP contribution in [0.2, 0.25) is 0 Å². The molecule has 2 aliphatic rings. The molecular formula is C29H38N2O9. The van der Waals surface area contributed by atoms with Crippen LogP contribution in [0, 0.1) is 5.92 Å². The zero-order valence-corrected chi connectivity index (χ0v) is 23.5. The van der Waals surface area contributed by atoms with Gasteiger partial charge in [-0.2, -0.15) is 0 Å². The van der Waals surface area contributed by atoms with Crippen molar-refractivity contribution >= 4 is 11.9 Å². The maximum atomic E-state index is 13.4. The van der Waals surface area contributed by atoms with E-state index in [9.17, 15) is 14.7 Å². The smallest absolute Gasteiger partial charge is 0.308 e. The van der Waals surface area contributed by atoms with E-state index in [1.54, 1.807) is 31.4 Å². The molecule has 4 rings (SSSR count). The zero-order chi connectivity index (χ0) is 28.6. The van der Waals surface area contributed by atoms with Crippen molar-refractivity contribution in [2.45, 2.75) is 38.6 Å². The second-order valence-electron chi connectivity index (χ2n) is 9.72. The van der Waals surface area contributed by atoms with Gasteiger partial charge < -0.3 is 28.8 Å². The molecule has 1 N–H and O–H groups in total. The lowest BCUT2D eigenvalue weighted by molar-refractivity contribution is -0.188. The van der Waals surface area contributed by atoms with Gasteiger partial charge in [0, 0.05) is 19.0 Å². The average molecular weight is 559 g/mol. The van der Waals surface area contributed by atoms with E-state index in [0.29, 0.717) is 48.4 Å². The number of hydrogen-bond acceptors (Lipinski definition) is 9. The van der Waals surface area contributed by atoms with Crippen LogP contribution in [0.25, 0.3) is 0 Å². The number of aliphatic carboxylic acids is 1. The second-order valence-corrected chi connectivity index (χ2v) is 9.72. The highest BCUT2D eigenvalue weighted by molar-refractivity contribution is 5.78. The Bertz CT molecular complexity index is 1170. The monoisotopic (exact) mass is 558 g/mol. The van der Waals surface area contributed by atoms with Gasteiger partial charge >= 0.3 is 5.97 Å². The van der Waals surface area contributed by atoms with Crippen LogP contribution in [0.5, 0.6) is 28.7 Å². The summed E-state index contributed by atoms with van der Waals surface area (Å²) in [5.41, 5.74) is 0.721. The van der Waals surface area contributed by atoms with Crippen molar-refractivity contribution in [2.24, 2.45) is 5.92 Å². The molecule has 3 atom stereocenters. The van der Waals surface area contributed by atoms with E-state index in [1.165, 1.54) is 12.2 Å². The molecule has 0 radical (unpaired) electrons. The van der Waals surface area contributed by atoms with Crippen LogP contribution in [-0.4, -0.2) is 86.8 Å². The van der Waals surface area contributed by atoms with Crippen LogP contribution in [0.1, 0.15) is 38.2 Å². The first kappa shape index (κ1) is 29.3. The third-order valence-corrected chi connectivity index (χ3v) is 7.12. The normalized spacial score (nSPS) is 19.9. The van der Waals surface area contributed by atoms with E-state index >= 15 is 0 Å². The molecular weight excluding hydrogens is 520 g/mol. The lowest BCUT2D eigenvalue weighted by Gasteiger charge is -2.29. The molecule has 2 aromatic rings. The van der Waals surface area contributed by atoms with Gasteiger partial charge in [0.1, 0.15) is 6.61 Å². The number of benzene rings is 2. The quantitative estimate of drug-likeness (QED) is 0.345. The number of hydrogen-bond donors (Lipinski definition) is 1. The van der Waals surface area contributed by atoms with Gasteiger partial charge in [0.2, 0.25) is 12.5 Å². The number of ether oxygens (including phenoxy) is 5. The Balaban J connectivity index is 1.66. The maximum absolute atomic E-state index is 13.4. The summed E-state index contributed by atoms with van der Waals surface area (Å²) in [6.45, 7) is 5.19. The summed E-state index contributed by atoms with van der Waals surface area (Å²) in [5, 5.41) is 11.9. The Morgan fingerprint density at radius 2 is 1.80 bits per heavy atom. The largest absolute Gasteiger partial charge is 0.493 e. The van der Waals surface area contributed by atoms with E-state index in [-0.39, 0.29) is 25.9 Å². The van der Waals surface area contributed by atoms with Gasteiger partial charge in [-0.25, -0.2) is 5.06 Å². The first-order valence-corrected chi connectivity index (χ1v) is 13.5. The number of nitrogens with zero attached hydrogens (tertiary/aromatic N) is 2. The fourth-order valence-corrected chi connectivity index (χ4v) is 5.23. The Kier molecular flexibility index (Phi) is 9.94. The molecule has 1 unspecified atom stereocenters. The molecule has 0 aliphatic carbocycles. The number of para-hydroxylation sites is 2. The Morgan fingerprint density at radius 1 is 1.05 bits per heavy atom. The van der Waals surface area contributed by atoms with Crippen molar-refractivity contribution in [1.82, 2.24) is 9.96 Å². The van der Waals surface area contributed by atoms with Gasteiger partial charge in [-0.3, -0.25) is 19.3 Å². The van der Waals surface area contributed by atoms with Crippen molar-refractivity contribution in [1.29, 1.82) is 0 Å². The average Bonchev–Trinajstić information content (AvgIpc) is 3.58. The molecule has 218 valence electrons. The summed E-state index contributed by atoms with van der Waals surface area (Å²) in [5.74, 6) is -0.0999. The fraction of sp³-hybridized carbons (Fsp3) is 0.517. The third-order valence-electron chi connectivity index (χ3n) is 7.12. The number of fused-ring (bicyclic) bond motifs is 1. The summed E-state index contributed by atoms with van der Waals surface area (Å²) in [7, 11) is 3.07. The van der Waals surface area contributed by atoms with Gasteiger partial charge in [-0.05, 0) is 42.7 Å². The molecule has 40 heavy (non-hydrogen) atoms. The zero-order valence-electron chi connectivity index (χ0n) is 23.5. The molecule has 0 spiro atoms. The number of carbonyl (C=O) groups excluding carboxylic acids is 1. The Hall–Kier alpha value is -3.70. The number of likely N-dealkylation sites (tertiary alicyclic amines) is 1. The van der Waals surface area contributed by atoms with Gasteiger partial charge in [0.25, 0.3) is 5.91 Å². The SMILES string of the molecule is CCCON(CCC)C(=O)CN1C[C@H](c2cc(OC)c3c(c2)OCO3)C(C(=O)O)[C@@H]1COc1ccccc1OC. The number of carboxylic acids is 1. The van der Waals surface area contributed by atoms with Crippen molar-refractivity contribution < 1.29 is 43.2 Å². The molecule has 0 bridgehead atoms. The van der Waals surface area contributed by atoms with Gasteiger partial charge in [0.05, 0.1) is 39.3 Å². The predicted molar refractivity (Wildman–Crippen MR) is 145 cm³/mol. The number of carboxylic acid groups (broad SMARTS) is 1. The molecule has 2 heterocycles. The van der Waals surface area contributed by atoms with Gasteiger partial charge in [0.15, 0.2) is 23.0 Å². The summed E-state index contributed by atoms with van der Waals surface area (Å²) in [4.78, 5) is 33.8. The van der Waals surface area contributed by atoms with Crippen LogP contribution >= 0.6 is 0 Å².